The van der Waals surface area contributed by atoms with Gasteiger partial charge in [-0.25, -0.2) is 0 Å². The quantitative estimate of drug-likeness (QED) is 0.482. The number of allylic oxidation sites excluding steroid dienone is 1. The molecule has 0 fully saturated rings. The summed E-state index contributed by atoms with van der Waals surface area (Å²) in [6.45, 7) is 11.3. The minimum atomic E-state index is 0.209. The predicted octanol–water partition coefficient (Wildman–Crippen LogP) is 3.01. The molecular formula is C12H22O2. The topological polar surface area (TPSA) is 18.5 Å². The summed E-state index contributed by atoms with van der Waals surface area (Å²) in [4.78, 5) is 0. The van der Waals surface area contributed by atoms with Crippen molar-refractivity contribution in [1.82, 2.24) is 0 Å². The number of methoxy groups -OCH3 is 1. The van der Waals surface area contributed by atoms with Gasteiger partial charge in [-0.05, 0) is 5.41 Å². The van der Waals surface area contributed by atoms with Crippen molar-refractivity contribution in [3.8, 4) is 0 Å². The molecule has 2 nitrogen and oxygen atoms in total. The maximum Gasteiger partial charge on any atom is 0.0957 e. The van der Waals surface area contributed by atoms with E-state index in [2.05, 4.69) is 39.5 Å². The third kappa shape index (κ3) is 7.87. The Bertz CT molecular complexity index is 177. The van der Waals surface area contributed by atoms with Crippen LogP contribution in [0.4, 0.5) is 0 Å². The molecule has 0 aliphatic heterocycles. The maximum atomic E-state index is 5.15. The first-order valence-corrected chi connectivity index (χ1v) is 4.90. The Morgan fingerprint density at radius 3 is 2.36 bits per heavy atom. The first kappa shape index (κ1) is 13.2. The van der Waals surface area contributed by atoms with Gasteiger partial charge in [0, 0.05) is 13.0 Å². The lowest BCUT2D eigenvalue weighted by atomic mass is 9.94. The van der Waals surface area contributed by atoms with Crippen molar-refractivity contribution in [2.24, 2.45) is 11.3 Å². The van der Waals surface area contributed by atoms with Gasteiger partial charge in [-0.2, -0.15) is 0 Å². The standard InChI is InChI=1S/C12H22O2/c1-6-14-10-11(9-13-5)7-8-12(2,3)4/h6-8,11H,1,9-10H2,2-5H3. The van der Waals surface area contributed by atoms with Gasteiger partial charge >= 0.3 is 0 Å². The molecule has 0 spiro atoms. The van der Waals surface area contributed by atoms with Crippen molar-refractivity contribution in [2.45, 2.75) is 20.8 Å². The molecule has 1 atom stereocenters. The second-order valence-electron chi connectivity index (χ2n) is 4.44. The lowest BCUT2D eigenvalue weighted by Crippen LogP contribution is -2.12. The van der Waals surface area contributed by atoms with E-state index >= 15 is 0 Å². The Balaban J connectivity index is 4.07. The van der Waals surface area contributed by atoms with Gasteiger partial charge in [-0.15, -0.1) is 0 Å². The van der Waals surface area contributed by atoms with Gasteiger partial charge in [0.05, 0.1) is 19.5 Å². The smallest absolute Gasteiger partial charge is 0.0957 e. The van der Waals surface area contributed by atoms with E-state index in [1.807, 2.05) is 0 Å². The van der Waals surface area contributed by atoms with Gasteiger partial charge in [0.2, 0.25) is 0 Å². The van der Waals surface area contributed by atoms with Crippen LogP contribution in [0, 0.1) is 11.3 Å². The Labute approximate surface area is 87.6 Å². The van der Waals surface area contributed by atoms with E-state index in [0.29, 0.717) is 19.1 Å². The zero-order chi connectivity index (χ0) is 11.0. The highest BCUT2D eigenvalue weighted by Crippen LogP contribution is 2.16. The van der Waals surface area contributed by atoms with Crippen LogP contribution in [0.15, 0.2) is 25.0 Å². The molecule has 14 heavy (non-hydrogen) atoms. The maximum absolute atomic E-state index is 5.15. The third-order valence-electron chi connectivity index (χ3n) is 1.68. The van der Waals surface area contributed by atoms with Crippen molar-refractivity contribution < 1.29 is 9.47 Å². The van der Waals surface area contributed by atoms with Crippen LogP contribution in [0.25, 0.3) is 0 Å². The fourth-order valence-electron chi connectivity index (χ4n) is 0.990. The lowest BCUT2D eigenvalue weighted by molar-refractivity contribution is 0.123. The lowest BCUT2D eigenvalue weighted by Gasteiger charge is -2.15. The predicted molar refractivity (Wildman–Crippen MR) is 60.1 cm³/mol. The highest BCUT2D eigenvalue weighted by atomic mass is 16.5. The Morgan fingerprint density at radius 1 is 1.29 bits per heavy atom. The summed E-state index contributed by atoms with van der Waals surface area (Å²) in [6, 6.07) is 0. The summed E-state index contributed by atoms with van der Waals surface area (Å²) in [6.07, 6.45) is 5.80. The number of ether oxygens (including phenoxy) is 2. The second-order valence-corrected chi connectivity index (χ2v) is 4.44. The van der Waals surface area contributed by atoms with Crippen LogP contribution in [0.3, 0.4) is 0 Å². The molecule has 1 unspecified atom stereocenters. The molecular weight excluding hydrogens is 176 g/mol. The van der Waals surface area contributed by atoms with E-state index in [9.17, 15) is 0 Å². The summed E-state index contributed by atoms with van der Waals surface area (Å²) in [5.41, 5.74) is 0.209. The van der Waals surface area contributed by atoms with Gasteiger partial charge in [-0.1, -0.05) is 39.5 Å². The molecule has 0 aromatic rings. The third-order valence-corrected chi connectivity index (χ3v) is 1.68. The number of hydrogen-bond acceptors (Lipinski definition) is 2. The van der Waals surface area contributed by atoms with Gasteiger partial charge in [0.15, 0.2) is 0 Å². The fourth-order valence-corrected chi connectivity index (χ4v) is 0.990. The van der Waals surface area contributed by atoms with Crippen molar-refractivity contribution in [3.63, 3.8) is 0 Å². The molecule has 0 amide bonds. The van der Waals surface area contributed by atoms with Crippen molar-refractivity contribution in [1.29, 1.82) is 0 Å². The molecule has 0 saturated heterocycles. The fraction of sp³-hybridized carbons (Fsp3) is 0.667. The summed E-state index contributed by atoms with van der Waals surface area (Å²) >= 11 is 0. The molecule has 0 heterocycles. The van der Waals surface area contributed by atoms with Gasteiger partial charge in [-0.3, -0.25) is 0 Å². The van der Waals surface area contributed by atoms with Crippen LogP contribution < -0.4 is 0 Å². The second kappa shape index (κ2) is 6.66. The molecule has 0 saturated carbocycles. The molecule has 0 aliphatic rings. The Morgan fingerprint density at radius 2 is 1.93 bits per heavy atom. The van der Waals surface area contributed by atoms with Gasteiger partial charge in [0.1, 0.15) is 0 Å². The monoisotopic (exact) mass is 198 g/mol. The molecule has 0 rings (SSSR count). The normalized spacial score (nSPS) is 14.3. The minimum Gasteiger partial charge on any atom is -0.501 e. The summed E-state index contributed by atoms with van der Waals surface area (Å²) in [5.74, 6) is 0.303. The molecule has 0 aliphatic carbocycles. The van der Waals surface area contributed by atoms with Crippen molar-refractivity contribution in [2.75, 3.05) is 20.3 Å². The molecule has 0 aromatic carbocycles. The van der Waals surface area contributed by atoms with E-state index in [1.54, 1.807) is 7.11 Å². The van der Waals surface area contributed by atoms with E-state index in [0.717, 1.165) is 0 Å². The summed E-state index contributed by atoms with van der Waals surface area (Å²) in [7, 11) is 1.70. The average molecular weight is 198 g/mol. The summed E-state index contributed by atoms with van der Waals surface area (Å²) < 4.78 is 10.2. The van der Waals surface area contributed by atoms with Crippen LogP contribution in [0.2, 0.25) is 0 Å². The van der Waals surface area contributed by atoms with E-state index in [4.69, 9.17) is 9.47 Å². The van der Waals surface area contributed by atoms with Crippen LogP contribution in [0.5, 0.6) is 0 Å². The molecule has 2 heteroatoms. The van der Waals surface area contributed by atoms with Crippen molar-refractivity contribution >= 4 is 0 Å². The summed E-state index contributed by atoms with van der Waals surface area (Å²) in [5, 5.41) is 0. The van der Waals surface area contributed by atoms with Gasteiger partial charge < -0.3 is 9.47 Å². The highest BCUT2D eigenvalue weighted by molar-refractivity contribution is 4.96. The van der Waals surface area contributed by atoms with Crippen LogP contribution in [-0.4, -0.2) is 20.3 Å². The molecule has 0 N–H and O–H groups in total. The number of rotatable bonds is 6. The van der Waals surface area contributed by atoms with Crippen LogP contribution in [-0.2, 0) is 9.47 Å². The zero-order valence-corrected chi connectivity index (χ0v) is 9.75. The first-order valence-electron chi connectivity index (χ1n) is 4.90. The minimum absolute atomic E-state index is 0.209. The molecule has 0 radical (unpaired) electrons. The highest BCUT2D eigenvalue weighted by Gasteiger charge is 2.08. The van der Waals surface area contributed by atoms with E-state index in [1.165, 1.54) is 6.26 Å². The first-order chi connectivity index (χ1) is 6.49. The molecule has 82 valence electrons. The largest absolute Gasteiger partial charge is 0.501 e. The van der Waals surface area contributed by atoms with Crippen LogP contribution in [0.1, 0.15) is 20.8 Å². The van der Waals surface area contributed by atoms with Gasteiger partial charge in [0.25, 0.3) is 0 Å². The van der Waals surface area contributed by atoms with Crippen molar-refractivity contribution in [3.05, 3.63) is 25.0 Å². The van der Waals surface area contributed by atoms with E-state index < -0.39 is 0 Å². The zero-order valence-electron chi connectivity index (χ0n) is 9.75. The van der Waals surface area contributed by atoms with Crippen LogP contribution >= 0.6 is 0 Å². The molecule has 0 aromatic heterocycles. The SMILES string of the molecule is C=COCC(C=CC(C)(C)C)COC. The molecule has 0 bridgehead atoms. The number of hydrogen-bond donors (Lipinski definition) is 0. The Kier molecular flexibility index (Phi) is 6.30. The Hall–Kier alpha value is -0.760. The average Bonchev–Trinajstić information content (AvgIpc) is 2.08. The van der Waals surface area contributed by atoms with E-state index in [-0.39, 0.29) is 5.41 Å².